The lowest BCUT2D eigenvalue weighted by Gasteiger charge is -2.26. The summed E-state index contributed by atoms with van der Waals surface area (Å²) in [5, 5.41) is 0. The van der Waals surface area contributed by atoms with Crippen molar-refractivity contribution in [1.29, 1.82) is 0 Å². The topological polar surface area (TPSA) is 29.0 Å². The highest BCUT2D eigenvalue weighted by molar-refractivity contribution is 7.22. The quantitative estimate of drug-likeness (QED) is 0.222. The summed E-state index contributed by atoms with van der Waals surface area (Å²) in [6.45, 7) is 9.83. The molecule has 0 aliphatic carbocycles. The van der Waals surface area contributed by atoms with E-state index in [1.165, 1.54) is 10.4 Å². The first-order chi connectivity index (χ1) is 17.2. The Morgan fingerprint density at radius 3 is 2.11 bits per heavy atom. The van der Waals surface area contributed by atoms with E-state index < -0.39 is 0 Å². The lowest BCUT2D eigenvalue weighted by atomic mass is 10.1. The van der Waals surface area contributed by atoms with Crippen molar-refractivity contribution in [3.63, 3.8) is 0 Å². The highest BCUT2D eigenvalue weighted by Crippen LogP contribution is 2.38. The Morgan fingerprint density at radius 1 is 0.800 bits per heavy atom. The summed E-state index contributed by atoms with van der Waals surface area (Å²) < 4.78 is 1.10. The molecule has 0 atom stereocenters. The molecule has 0 amide bonds. The van der Waals surface area contributed by atoms with E-state index in [1.807, 2.05) is 43.3 Å². The lowest BCUT2D eigenvalue weighted by Crippen LogP contribution is -2.14. The molecule has 0 fully saturated rings. The predicted molar refractivity (Wildman–Crippen MR) is 150 cm³/mol. The second-order valence-corrected chi connectivity index (χ2v) is 9.11. The molecule has 0 unspecified atom stereocenters. The number of rotatable bonds is 7. The largest absolute Gasteiger partial charge is 0.311 e. The van der Waals surface area contributed by atoms with Crippen LogP contribution in [0.2, 0.25) is 0 Å². The Hall–Kier alpha value is -4.28. The van der Waals surface area contributed by atoms with Crippen LogP contribution >= 0.6 is 11.3 Å². The average Bonchev–Trinajstić information content (AvgIpc) is 3.33. The van der Waals surface area contributed by atoms with Crippen molar-refractivity contribution in [3.8, 4) is 21.7 Å². The van der Waals surface area contributed by atoms with Crippen LogP contribution in [0, 0.1) is 6.92 Å². The minimum Gasteiger partial charge on any atom is -0.311 e. The van der Waals surface area contributed by atoms with Crippen molar-refractivity contribution in [1.82, 2.24) is 9.97 Å². The third-order valence-electron chi connectivity index (χ3n) is 5.71. The predicted octanol–water partition coefficient (Wildman–Crippen LogP) is 8.73. The standard InChI is InChI=1S/C31H25N3S/c1-4-12-25(5-2)34(26-15-10-7-11-16-26)27-19-17-24(18-20-27)30-31-28(32-22(3)33-30)21-29(35-31)23-13-8-6-9-14-23/h4-21H,1-2H2,3H3/b25-12+. The molecule has 5 rings (SSSR count). The number of thiophene rings is 1. The first-order valence-electron chi connectivity index (χ1n) is 11.4. The van der Waals surface area contributed by atoms with Crippen LogP contribution in [0.4, 0.5) is 11.4 Å². The van der Waals surface area contributed by atoms with E-state index in [-0.39, 0.29) is 0 Å². The van der Waals surface area contributed by atoms with Crippen LogP contribution < -0.4 is 4.90 Å². The van der Waals surface area contributed by atoms with Gasteiger partial charge in [0.1, 0.15) is 5.82 Å². The summed E-state index contributed by atoms with van der Waals surface area (Å²) >= 11 is 1.73. The maximum atomic E-state index is 4.84. The number of hydrogen-bond acceptors (Lipinski definition) is 4. The van der Waals surface area contributed by atoms with E-state index in [0.29, 0.717) is 0 Å². The molecule has 4 heteroatoms. The molecule has 0 aliphatic rings. The first kappa shape index (κ1) is 22.5. The summed E-state index contributed by atoms with van der Waals surface area (Å²) in [6, 6.07) is 31.3. The van der Waals surface area contributed by atoms with Crippen LogP contribution in [-0.4, -0.2) is 9.97 Å². The van der Waals surface area contributed by atoms with Crippen LogP contribution in [0.15, 0.2) is 128 Å². The fourth-order valence-electron chi connectivity index (χ4n) is 4.13. The van der Waals surface area contributed by atoms with E-state index >= 15 is 0 Å². The van der Waals surface area contributed by atoms with Crippen LogP contribution in [0.25, 0.3) is 31.9 Å². The van der Waals surface area contributed by atoms with Gasteiger partial charge in [-0.2, -0.15) is 0 Å². The third kappa shape index (κ3) is 4.57. The molecule has 0 radical (unpaired) electrons. The number of fused-ring (bicyclic) bond motifs is 1. The van der Waals surface area contributed by atoms with Crippen molar-refractivity contribution < 1.29 is 0 Å². The van der Waals surface area contributed by atoms with Gasteiger partial charge in [0.05, 0.1) is 15.9 Å². The molecule has 2 heterocycles. The van der Waals surface area contributed by atoms with Crippen molar-refractivity contribution in [2.75, 3.05) is 4.90 Å². The summed E-state index contributed by atoms with van der Waals surface area (Å²) in [7, 11) is 0. The maximum Gasteiger partial charge on any atom is 0.126 e. The molecule has 0 bridgehead atoms. The van der Waals surface area contributed by atoms with Gasteiger partial charge in [-0.3, -0.25) is 0 Å². The van der Waals surface area contributed by atoms with Crippen molar-refractivity contribution in [2.45, 2.75) is 6.92 Å². The molecule has 170 valence electrons. The number of aryl methyl sites for hydroxylation is 1. The molecule has 0 aliphatic heterocycles. The highest BCUT2D eigenvalue weighted by Gasteiger charge is 2.16. The number of nitrogens with zero attached hydrogens (tertiary/aromatic N) is 3. The van der Waals surface area contributed by atoms with Crippen molar-refractivity contribution in [3.05, 3.63) is 134 Å². The van der Waals surface area contributed by atoms with Gasteiger partial charge in [-0.15, -0.1) is 11.3 Å². The van der Waals surface area contributed by atoms with Crippen molar-refractivity contribution >= 4 is 32.9 Å². The monoisotopic (exact) mass is 471 g/mol. The SMILES string of the molecule is C=C/C=C(\C=C)N(c1ccccc1)c1ccc(-c2nc(C)nc3cc(-c4ccccc4)sc23)cc1. The Morgan fingerprint density at radius 2 is 1.46 bits per heavy atom. The number of anilines is 2. The Labute approximate surface area is 210 Å². The van der Waals surface area contributed by atoms with Gasteiger partial charge >= 0.3 is 0 Å². The molecule has 3 nitrogen and oxygen atoms in total. The minimum atomic E-state index is 0.766. The lowest BCUT2D eigenvalue weighted by molar-refractivity contribution is 1.10. The first-order valence-corrected chi connectivity index (χ1v) is 12.2. The van der Waals surface area contributed by atoms with Crippen molar-refractivity contribution in [2.24, 2.45) is 0 Å². The van der Waals surface area contributed by atoms with Crippen LogP contribution in [-0.2, 0) is 0 Å². The highest BCUT2D eigenvalue weighted by atomic mass is 32.1. The summed E-state index contributed by atoms with van der Waals surface area (Å²) in [6.07, 6.45) is 5.58. The van der Waals surface area contributed by atoms with E-state index in [9.17, 15) is 0 Å². The molecule has 0 spiro atoms. The molecule has 5 aromatic rings. The van der Waals surface area contributed by atoms with E-state index in [1.54, 1.807) is 17.4 Å². The fourth-order valence-corrected chi connectivity index (χ4v) is 5.25. The molecule has 35 heavy (non-hydrogen) atoms. The van der Waals surface area contributed by atoms with Gasteiger partial charge < -0.3 is 4.90 Å². The number of hydrogen-bond donors (Lipinski definition) is 0. The molecule has 0 saturated heterocycles. The smallest absolute Gasteiger partial charge is 0.126 e. The molecular formula is C31H25N3S. The van der Waals surface area contributed by atoms with Crippen LogP contribution in [0.1, 0.15) is 5.82 Å². The van der Waals surface area contributed by atoms with Crippen LogP contribution in [0.3, 0.4) is 0 Å². The van der Waals surface area contributed by atoms with Gasteiger partial charge in [0, 0.05) is 27.5 Å². The summed E-state index contributed by atoms with van der Waals surface area (Å²) in [4.78, 5) is 12.9. The Kier molecular flexibility index (Phi) is 6.38. The van der Waals surface area contributed by atoms with Crippen LogP contribution in [0.5, 0.6) is 0 Å². The Bertz CT molecular complexity index is 1510. The van der Waals surface area contributed by atoms with E-state index in [0.717, 1.165) is 44.4 Å². The Balaban J connectivity index is 1.59. The number of aromatic nitrogens is 2. The molecule has 0 saturated carbocycles. The fraction of sp³-hybridized carbons (Fsp3) is 0.0323. The molecule has 3 aromatic carbocycles. The van der Waals surface area contributed by atoms with Gasteiger partial charge in [-0.1, -0.05) is 79.9 Å². The average molecular weight is 472 g/mol. The molecule has 2 aromatic heterocycles. The van der Waals surface area contributed by atoms with Gasteiger partial charge in [-0.05, 0) is 55.0 Å². The number of benzene rings is 3. The number of para-hydroxylation sites is 1. The minimum absolute atomic E-state index is 0.766. The zero-order chi connectivity index (χ0) is 24.2. The van der Waals surface area contributed by atoms with Gasteiger partial charge in [0.25, 0.3) is 0 Å². The van der Waals surface area contributed by atoms with Gasteiger partial charge in [-0.25, -0.2) is 9.97 Å². The number of allylic oxidation sites excluding steroid dienone is 3. The maximum absolute atomic E-state index is 4.84. The second kappa shape index (κ2) is 9.92. The van der Waals surface area contributed by atoms with E-state index in [4.69, 9.17) is 9.97 Å². The summed E-state index contributed by atoms with van der Waals surface area (Å²) in [5.41, 5.74) is 7.23. The normalized spacial score (nSPS) is 11.4. The zero-order valence-corrected chi connectivity index (χ0v) is 20.4. The third-order valence-corrected chi connectivity index (χ3v) is 6.89. The van der Waals surface area contributed by atoms with Gasteiger partial charge in [0.15, 0.2) is 0 Å². The summed E-state index contributed by atoms with van der Waals surface area (Å²) in [5.74, 6) is 0.766. The second-order valence-electron chi connectivity index (χ2n) is 8.06. The molecular weight excluding hydrogens is 446 g/mol. The zero-order valence-electron chi connectivity index (χ0n) is 19.6. The van der Waals surface area contributed by atoms with Gasteiger partial charge in [0.2, 0.25) is 0 Å². The molecule has 0 N–H and O–H groups in total. The van der Waals surface area contributed by atoms with E-state index in [2.05, 4.69) is 84.8 Å².